The zero-order valence-electron chi connectivity index (χ0n) is 32.4. The quantitative estimate of drug-likeness (QED) is 0.0476. The van der Waals surface area contributed by atoms with E-state index in [0.29, 0.717) is 25.2 Å². The van der Waals surface area contributed by atoms with Gasteiger partial charge in [-0.2, -0.15) is 31.4 Å². The molecule has 10 nitrogen and oxygen atoms in total. The first kappa shape index (κ1) is 50.0. The third-order valence-electron chi connectivity index (χ3n) is 8.01. The number of nitrogens with one attached hydrogen (secondary N) is 1. The SMILES string of the molecule is CCCCCCCCOC(=O)Cl.CCCCCCCCOC(=O)Oc1cc(C(F)(F)F)nnc1-c1ccc(F)cc1.O=c1cc(C(F)(F)F)[nH]nc1-c1ccc(F)cc1. The molecular weight excluding hydrogens is 820 g/mol. The summed E-state index contributed by atoms with van der Waals surface area (Å²) >= 11 is 4.98. The van der Waals surface area contributed by atoms with Crippen molar-refractivity contribution in [3.05, 3.63) is 93.9 Å². The average molecular weight is 865 g/mol. The molecule has 0 saturated carbocycles. The van der Waals surface area contributed by atoms with Gasteiger partial charge in [-0.05, 0) is 61.4 Å². The maximum absolute atomic E-state index is 13.1. The number of aromatic nitrogens is 4. The highest BCUT2D eigenvalue weighted by atomic mass is 35.5. The Bertz CT molecular complexity index is 1910. The summed E-state index contributed by atoms with van der Waals surface area (Å²) in [6.45, 7) is 4.86. The molecule has 4 rings (SSSR count). The van der Waals surface area contributed by atoms with Gasteiger partial charge in [-0.15, -0.1) is 10.2 Å². The number of nitrogens with zero attached hydrogens (tertiary/aromatic N) is 3. The molecule has 59 heavy (non-hydrogen) atoms. The van der Waals surface area contributed by atoms with Crippen LogP contribution in [-0.2, 0) is 21.8 Å². The van der Waals surface area contributed by atoms with E-state index in [9.17, 15) is 49.5 Å². The lowest BCUT2D eigenvalue weighted by atomic mass is 10.1. The Morgan fingerprint density at radius 2 is 1.12 bits per heavy atom. The number of aromatic amines is 1. The molecule has 0 fully saturated rings. The molecule has 0 unspecified atom stereocenters. The predicted octanol–water partition coefficient (Wildman–Crippen LogP) is 12.5. The number of rotatable bonds is 17. The molecule has 0 atom stereocenters. The van der Waals surface area contributed by atoms with Gasteiger partial charge in [0.25, 0.3) is 0 Å². The van der Waals surface area contributed by atoms with Gasteiger partial charge in [-0.1, -0.05) is 78.1 Å². The van der Waals surface area contributed by atoms with Gasteiger partial charge in [-0.25, -0.2) is 18.4 Å². The van der Waals surface area contributed by atoms with Crippen LogP contribution in [-0.4, -0.2) is 45.2 Å². The van der Waals surface area contributed by atoms with E-state index in [0.717, 1.165) is 69.2 Å². The molecule has 0 saturated heterocycles. The Balaban J connectivity index is 0.000000339. The minimum atomic E-state index is -4.77. The van der Waals surface area contributed by atoms with Crippen molar-refractivity contribution in [3.8, 4) is 28.3 Å². The van der Waals surface area contributed by atoms with E-state index in [1.807, 2.05) is 0 Å². The highest BCUT2D eigenvalue weighted by Gasteiger charge is 2.35. The molecule has 0 amide bonds. The topological polar surface area (TPSA) is 133 Å². The van der Waals surface area contributed by atoms with Crippen molar-refractivity contribution in [1.29, 1.82) is 0 Å². The minimum absolute atomic E-state index is 0.0987. The number of carbonyl (C=O) groups is 2. The Morgan fingerprint density at radius 3 is 1.58 bits per heavy atom. The second-order valence-corrected chi connectivity index (χ2v) is 13.1. The third kappa shape index (κ3) is 19.9. The number of hydrogen-bond donors (Lipinski definition) is 1. The van der Waals surface area contributed by atoms with Crippen molar-refractivity contribution in [1.82, 2.24) is 20.4 Å². The molecule has 0 aliphatic heterocycles. The lowest BCUT2D eigenvalue weighted by Gasteiger charge is -2.12. The lowest BCUT2D eigenvalue weighted by Crippen LogP contribution is -2.16. The fourth-order valence-corrected chi connectivity index (χ4v) is 5.03. The normalized spacial score (nSPS) is 11.1. The van der Waals surface area contributed by atoms with Gasteiger partial charge in [-0.3, -0.25) is 9.89 Å². The summed E-state index contributed by atoms with van der Waals surface area (Å²) < 4.78 is 116. The molecule has 0 radical (unpaired) electrons. The van der Waals surface area contributed by atoms with Gasteiger partial charge in [0, 0.05) is 34.9 Å². The van der Waals surface area contributed by atoms with Crippen LogP contribution in [0.3, 0.4) is 0 Å². The molecule has 324 valence electrons. The molecule has 2 aromatic heterocycles. The van der Waals surface area contributed by atoms with Crippen LogP contribution < -0.4 is 10.2 Å². The maximum Gasteiger partial charge on any atom is 0.513 e. The fraction of sp³-hybridized carbons (Fsp3) is 0.450. The number of alkyl halides is 6. The summed E-state index contributed by atoms with van der Waals surface area (Å²) in [5.41, 5.74) is -3.95. The third-order valence-corrected chi connectivity index (χ3v) is 8.12. The first-order chi connectivity index (χ1) is 28.0. The lowest BCUT2D eigenvalue weighted by molar-refractivity contribution is -0.142. The minimum Gasteiger partial charge on any atom is -0.454 e. The predicted molar refractivity (Wildman–Crippen MR) is 204 cm³/mol. The number of carbonyl (C=O) groups excluding carboxylic acids is 2. The Morgan fingerprint density at radius 1 is 0.644 bits per heavy atom. The summed E-state index contributed by atoms with van der Waals surface area (Å²) in [4.78, 5) is 33.5. The molecule has 2 aromatic carbocycles. The molecule has 4 aromatic rings. The zero-order chi connectivity index (χ0) is 43.8. The monoisotopic (exact) mass is 864 g/mol. The van der Waals surface area contributed by atoms with Gasteiger partial charge in [0.2, 0.25) is 5.43 Å². The Kier molecular flexibility index (Phi) is 22.1. The Hall–Kier alpha value is -5.13. The van der Waals surface area contributed by atoms with Crippen LogP contribution in [0.15, 0.2) is 65.5 Å². The summed E-state index contributed by atoms with van der Waals surface area (Å²) in [6.07, 6.45) is 2.47. The number of hydrogen-bond acceptors (Lipinski definition) is 9. The number of halogens is 9. The van der Waals surface area contributed by atoms with Gasteiger partial charge in [0.15, 0.2) is 11.4 Å². The van der Waals surface area contributed by atoms with E-state index in [-0.39, 0.29) is 29.1 Å². The molecule has 1 N–H and O–H groups in total. The molecule has 0 aliphatic rings. The van der Waals surface area contributed by atoms with Crippen LogP contribution in [0, 0.1) is 11.6 Å². The van der Waals surface area contributed by atoms with Crippen LogP contribution in [0.5, 0.6) is 5.75 Å². The fourth-order valence-electron chi connectivity index (χ4n) is 4.95. The number of unbranched alkanes of at least 4 members (excludes halogenated alkanes) is 10. The van der Waals surface area contributed by atoms with Gasteiger partial charge < -0.3 is 14.2 Å². The summed E-state index contributed by atoms with van der Waals surface area (Å²) in [7, 11) is 0. The second kappa shape index (κ2) is 26.1. The second-order valence-electron chi connectivity index (χ2n) is 12.8. The standard InChI is InChI=1S/C20H22F4N2O3.C11H6F4N2O.C9H17ClO2/c1-2-3-4-5-6-7-12-28-19(27)29-16-13-17(20(22,23)24)25-26-18(16)14-8-10-15(21)11-9-14;12-7-3-1-6(2-4-7)10-8(18)5-9(16-17-10)11(13,14)15;1-2-3-4-5-6-7-8-12-9(10)11/h8-11,13H,2-7,12H2,1H3;1-5H,(H,16,18);2-8H2,1H3. The highest BCUT2D eigenvalue weighted by Crippen LogP contribution is 2.34. The van der Waals surface area contributed by atoms with Crippen molar-refractivity contribution in [2.24, 2.45) is 0 Å². The maximum atomic E-state index is 13.1. The largest absolute Gasteiger partial charge is 0.513 e. The van der Waals surface area contributed by atoms with E-state index in [1.165, 1.54) is 49.9 Å². The van der Waals surface area contributed by atoms with E-state index in [1.54, 1.807) is 5.10 Å². The average Bonchev–Trinajstić information content (AvgIpc) is 3.18. The van der Waals surface area contributed by atoms with E-state index < -0.39 is 58.1 Å². The van der Waals surface area contributed by atoms with Crippen LogP contribution in [0.4, 0.5) is 44.7 Å². The first-order valence-electron chi connectivity index (χ1n) is 18.8. The molecular formula is C40H45ClF8N4O6. The van der Waals surface area contributed by atoms with Gasteiger partial charge >= 0.3 is 23.9 Å². The van der Waals surface area contributed by atoms with Crippen molar-refractivity contribution in [3.63, 3.8) is 0 Å². The molecule has 0 aliphatic carbocycles. The molecule has 0 spiro atoms. The smallest absolute Gasteiger partial charge is 0.454 e. The van der Waals surface area contributed by atoms with Crippen molar-refractivity contribution < 1.29 is 58.9 Å². The van der Waals surface area contributed by atoms with E-state index >= 15 is 0 Å². The summed E-state index contributed by atoms with van der Waals surface area (Å²) in [6, 6.07) is 10.5. The van der Waals surface area contributed by atoms with Crippen LogP contribution in [0.25, 0.3) is 22.5 Å². The zero-order valence-corrected chi connectivity index (χ0v) is 33.1. The van der Waals surface area contributed by atoms with Crippen molar-refractivity contribution in [2.75, 3.05) is 13.2 Å². The number of benzene rings is 2. The van der Waals surface area contributed by atoms with E-state index in [2.05, 4.69) is 33.9 Å². The first-order valence-corrected chi connectivity index (χ1v) is 19.1. The summed E-state index contributed by atoms with van der Waals surface area (Å²) in [5.74, 6) is -1.51. The highest BCUT2D eigenvalue weighted by molar-refractivity contribution is 6.61. The summed E-state index contributed by atoms with van der Waals surface area (Å²) in [5, 5.41) is 11.8. The van der Waals surface area contributed by atoms with E-state index in [4.69, 9.17) is 21.1 Å². The van der Waals surface area contributed by atoms with Crippen LogP contribution in [0.2, 0.25) is 0 Å². The molecule has 0 bridgehead atoms. The van der Waals surface area contributed by atoms with Gasteiger partial charge in [0.05, 0.1) is 13.2 Å². The van der Waals surface area contributed by atoms with Crippen LogP contribution in [0.1, 0.15) is 102 Å². The molecule has 19 heteroatoms. The van der Waals surface area contributed by atoms with Gasteiger partial charge in [0.1, 0.15) is 28.7 Å². The van der Waals surface area contributed by atoms with Crippen molar-refractivity contribution >= 4 is 23.2 Å². The molecule has 2 heterocycles. The number of ether oxygens (including phenoxy) is 3. The Labute approximate surface area is 340 Å². The van der Waals surface area contributed by atoms with Crippen LogP contribution >= 0.6 is 11.6 Å². The van der Waals surface area contributed by atoms with Crippen molar-refractivity contribution in [2.45, 2.75) is 103 Å². The number of H-pyrrole nitrogens is 1.